The number of hydrogen-bond acceptors (Lipinski definition) is 4. The van der Waals surface area contributed by atoms with Crippen molar-refractivity contribution in [2.45, 2.75) is 76.9 Å². The molecule has 3 rings (SSSR count). The van der Waals surface area contributed by atoms with Gasteiger partial charge in [0.25, 0.3) is 0 Å². The first-order chi connectivity index (χ1) is 12.4. The minimum atomic E-state index is -0.475. The van der Waals surface area contributed by atoms with Gasteiger partial charge >= 0.3 is 6.09 Å². The van der Waals surface area contributed by atoms with Gasteiger partial charge in [-0.1, -0.05) is 19.3 Å². The molecule has 1 amide bonds. The Bertz CT molecular complexity index is 557. The molecule has 26 heavy (non-hydrogen) atoms. The number of furan rings is 1. The van der Waals surface area contributed by atoms with Crippen LogP contribution in [0.15, 0.2) is 23.0 Å². The van der Waals surface area contributed by atoms with Gasteiger partial charge in [0.05, 0.1) is 25.2 Å². The van der Waals surface area contributed by atoms with Gasteiger partial charge in [0.1, 0.15) is 5.60 Å². The number of piperidine rings is 1. The molecule has 146 valence electrons. The lowest BCUT2D eigenvalue weighted by molar-refractivity contribution is -0.0424. The Kier molecular flexibility index (Phi) is 6.28. The summed E-state index contributed by atoms with van der Waals surface area (Å²) in [5.74, 6) is 0.932. The zero-order valence-corrected chi connectivity index (χ0v) is 16.4. The summed E-state index contributed by atoms with van der Waals surface area (Å²) in [6, 6.07) is 2.02. The van der Waals surface area contributed by atoms with Crippen LogP contribution in [0, 0.1) is 5.92 Å². The van der Waals surface area contributed by atoms with Crippen molar-refractivity contribution in [2.75, 3.05) is 19.7 Å². The molecule has 5 heteroatoms. The Balaban J connectivity index is 1.63. The minimum Gasteiger partial charge on any atom is -0.472 e. The molecule has 2 atom stereocenters. The van der Waals surface area contributed by atoms with Crippen LogP contribution in [0.25, 0.3) is 0 Å². The smallest absolute Gasteiger partial charge is 0.410 e. The molecule has 1 aromatic heterocycles. The third kappa shape index (κ3) is 5.26. The van der Waals surface area contributed by atoms with Gasteiger partial charge in [0.15, 0.2) is 0 Å². The summed E-state index contributed by atoms with van der Waals surface area (Å²) in [7, 11) is 0. The van der Waals surface area contributed by atoms with E-state index in [0.29, 0.717) is 19.0 Å². The molecule has 2 heterocycles. The summed E-state index contributed by atoms with van der Waals surface area (Å²) in [5.41, 5.74) is 0.694. The summed E-state index contributed by atoms with van der Waals surface area (Å²) >= 11 is 0. The molecule has 1 aliphatic heterocycles. The zero-order chi connectivity index (χ0) is 18.6. The molecule has 2 fully saturated rings. The molecule has 0 aromatic carbocycles. The quantitative estimate of drug-likeness (QED) is 0.758. The van der Waals surface area contributed by atoms with Crippen LogP contribution in [0.1, 0.15) is 70.8 Å². The zero-order valence-electron chi connectivity index (χ0n) is 16.4. The Morgan fingerprint density at radius 1 is 1.23 bits per heavy atom. The summed E-state index contributed by atoms with van der Waals surface area (Å²) < 4.78 is 17.2. The predicted octanol–water partition coefficient (Wildman–Crippen LogP) is 4.97. The molecule has 1 aliphatic carbocycles. The first-order valence-corrected chi connectivity index (χ1v) is 10.0. The van der Waals surface area contributed by atoms with Crippen LogP contribution in [0.3, 0.4) is 0 Å². The van der Waals surface area contributed by atoms with Crippen molar-refractivity contribution >= 4 is 6.09 Å². The van der Waals surface area contributed by atoms with Gasteiger partial charge in [-0.2, -0.15) is 0 Å². The van der Waals surface area contributed by atoms with E-state index in [4.69, 9.17) is 13.9 Å². The van der Waals surface area contributed by atoms with Crippen molar-refractivity contribution in [1.82, 2.24) is 4.90 Å². The van der Waals surface area contributed by atoms with Crippen LogP contribution < -0.4 is 0 Å². The van der Waals surface area contributed by atoms with Gasteiger partial charge in [-0.25, -0.2) is 4.79 Å². The Hall–Kier alpha value is -1.49. The number of carbonyl (C=O) groups is 1. The number of amides is 1. The molecular formula is C21H33NO4. The van der Waals surface area contributed by atoms with E-state index in [1.54, 1.807) is 11.2 Å². The molecule has 0 N–H and O–H groups in total. The van der Waals surface area contributed by atoms with Crippen LogP contribution in [-0.4, -0.2) is 42.4 Å². The molecule has 0 bridgehead atoms. The number of likely N-dealkylation sites (tertiary alicyclic amines) is 1. The fraction of sp³-hybridized carbons (Fsp3) is 0.762. The number of rotatable bonds is 4. The van der Waals surface area contributed by atoms with Crippen molar-refractivity contribution < 1.29 is 18.7 Å². The maximum Gasteiger partial charge on any atom is 0.410 e. The van der Waals surface area contributed by atoms with Crippen molar-refractivity contribution in [3.63, 3.8) is 0 Å². The van der Waals surface area contributed by atoms with E-state index in [-0.39, 0.29) is 18.1 Å². The van der Waals surface area contributed by atoms with E-state index in [1.807, 2.05) is 33.1 Å². The van der Waals surface area contributed by atoms with Crippen LogP contribution >= 0.6 is 0 Å². The van der Waals surface area contributed by atoms with E-state index in [1.165, 1.54) is 37.7 Å². The van der Waals surface area contributed by atoms with Gasteiger partial charge in [0, 0.05) is 19.1 Å². The first-order valence-electron chi connectivity index (χ1n) is 10.0. The lowest BCUT2D eigenvalue weighted by Gasteiger charge is -2.39. The molecule has 2 aliphatic rings. The fourth-order valence-corrected chi connectivity index (χ4v) is 4.06. The minimum absolute atomic E-state index is 0.00389. The van der Waals surface area contributed by atoms with E-state index < -0.39 is 5.60 Å². The van der Waals surface area contributed by atoms with Gasteiger partial charge < -0.3 is 18.8 Å². The average Bonchev–Trinajstić information content (AvgIpc) is 3.13. The highest BCUT2D eigenvalue weighted by Crippen LogP contribution is 2.33. The molecule has 0 spiro atoms. The monoisotopic (exact) mass is 363 g/mol. The second-order valence-corrected chi connectivity index (χ2v) is 8.75. The standard InChI is InChI=1S/C21H33NO4/c1-21(2,3)26-20(23)22-11-9-18(17-10-12-24-15-17)19(13-22)25-14-16-7-5-4-6-8-16/h10,12,15-16,18-19H,4-9,11,13-14H2,1-3H3. The Labute approximate surface area is 157 Å². The second-order valence-electron chi connectivity index (χ2n) is 8.75. The molecule has 1 aromatic rings. The first kappa shape index (κ1) is 19.3. The molecule has 1 saturated carbocycles. The topological polar surface area (TPSA) is 51.9 Å². The van der Waals surface area contributed by atoms with E-state index in [2.05, 4.69) is 0 Å². The largest absolute Gasteiger partial charge is 0.472 e. The maximum absolute atomic E-state index is 12.5. The Morgan fingerprint density at radius 3 is 2.65 bits per heavy atom. The highest BCUT2D eigenvalue weighted by atomic mass is 16.6. The van der Waals surface area contributed by atoms with Crippen LogP contribution in [-0.2, 0) is 9.47 Å². The van der Waals surface area contributed by atoms with Crippen molar-refractivity contribution in [3.05, 3.63) is 24.2 Å². The van der Waals surface area contributed by atoms with Crippen molar-refractivity contribution in [3.8, 4) is 0 Å². The average molecular weight is 363 g/mol. The molecule has 1 saturated heterocycles. The molecule has 2 unspecified atom stereocenters. The SMILES string of the molecule is CC(C)(C)OC(=O)N1CCC(c2ccoc2)C(OCC2CCCCC2)C1. The fourth-order valence-electron chi connectivity index (χ4n) is 4.06. The normalized spacial score (nSPS) is 25.3. The van der Waals surface area contributed by atoms with Gasteiger partial charge in [-0.3, -0.25) is 0 Å². The highest BCUT2D eigenvalue weighted by molar-refractivity contribution is 5.68. The lowest BCUT2D eigenvalue weighted by atomic mass is 9.87. The number of carbonyl (C=O) groups excluding carboxylic acids is 1. The summed E-state index contributed by atoms with van der Waals surface area (Å²) in [4.78, 5) is 14.3. The van der Waals surface area contributed by atoms with Crippen LogP contribution in [0.5, 0.6) is 0 Å². The predicted molar refractivity (Wildman–Crippen MR) is 100 cm³/mol. The van der Waals surface area contributed by atoms with Crippen LogP contribution in [0.4, 0.5) is 4.79 Å². The molecule has 0 radical (unpaired) electrons. The number of hydrogen-bond donors (Lipinski definition) is 0. The van der Waals surface area contributed by atoms with Crippen molar-refractivity contribution in [2.24, 2.45) is 5.92 Å². The van der Waals surface area contributed by atoms with E-state index in [0.717, 1.165) is 13.0 Å². The summed E-state index contributed by atoms with van der Waals surface area (Å²) in [6.45, 7) is 7.77. The summed E-state index contributed by atoms with van der Waals surface area (Å²) in [6.07, 6.45) is 10.7. The molecular weight excluding hydrogens is 330 g/mol. The van der Waals surface area contributed by atoms with Crippen LogP contribution in [0.2, 0.25) is 0 Å². The van der Waals surface area contributed by atoms with Gasteiger partial charge in [0.2, 0.25) is 0 Å². The lowest BCUT2D eigenvalue weighted by Crippen LogP contribution is -2.48. The maximum atomic E-state index is 12.5. The van der Waals surface area contributed by atoms with Crippen molar-refractivity contribution in [1.29, 1.82) is 0 Å². The van der Waals surface area contributed by atoms with E-state index >= 15 is 0 Å². The number of nitrogens with zero attached hydrogens (tertiary/aromatic N) is 1. The van der Waals surface area contributed by atoms with E-state index in [9.17, 15) is 4.79 Å². The molecule has 5 nitrogen and oxygen atoms in total. The second kappa shape index (κ2) is 8.47. The Morgan fingerprint density at radius 2 is 2.00 bits per heavy atom. The third-order valence-corrected chi connectivity index (χ3v) is 5.45. The summed E-state index contributed by atoms with van der Waals surface area (Å²) in [5, 5.41) is 0. The highest BCUT2D eigenvalue weighted by Gasteiger charge is 2.35. The number of ether oxygens (including phenoxy) is 2. The van der Waals surface area contributed by atoms with Gasteiger partial charge in [-0.15, -0.1) is 0 Å². The third-order valence-electron chi connectivity index (χ3n) is 5.45. The van der Waals surface area contributed by atoms with Gasteiger partial charge in [-0.05, 0) is 57.6 Å².